The van der Waals surface area contributed by atoms with Crippen molar-refractivity contribution in [3.8, 4) is 5.75 Å². The molecule has 2 unspecified atom stereocenters. The molecule has 0 fully saturated rings. The number of aliphatic hydroxyl groups excluding tert-OH is 1. The molecule has 16 heteroatoms. The summed E-state index contributed by atoms with van der Waals surface area (Å²) in [6.07, 6.45) is -6.29. The van der Waals surface area contributed by atoms with Gasteiger partial charge in [-0.25, -0.2) is 9.78 Å². The van der Waals surface area contributed by atoms with E-state index >= 15 is 0 Å². The number of aromatic carboxylic acids is 1. The van der Waals surface area contributed by atoms with Crippen LogP contribution in [-0.4, -0.2) is 78.8 Å². The van der Waals surface area contributed by atoms with Crippen molar-refractivity contribution >= 4 is 49.9 Å². The standard InChI is InChI=1S/C23H24F3N5O7S/c1-31-16-5-2-12(20(34)35)10-15(16)29-22(31,18(19(27)33)37-9-8-36-7-6-32)30-21-28-14-4-3-13(11-17(14)39-21)38-23(24,25)26/h2-5,10-11,18,29,32H,6-9H2,1H3,(H2,27,33)(H,28,30)(H,34,35). The Morgan fingerprint density at radius 2 is 2.00 bits per heavy atom. The van der Waals surface area contributed by atoms with Crippen LogP contribution in [0.15, 0.2) is 36.4 Å². The first kappa shape index (κ1) is 28.2. The molecular formula is C23H24F3N5O7S. The summed E-state index contributed by atoms with van der Waals surface area (Å²) in [5.74, 6) is -4.12. The maximum absolute atomic E-state index is 12.7. The minimum atomic E-state index is -4.87. The molecule has 0 radical (unpaired) electrons. The number of halogens is 3. The molecule has 2 aromatic carbocycles. The number of carbonyl (C=O) groups excluding carboxylic acids is 1. The Morgan fingerprint density at radius 3 is 2.67 bits per heavy atom. The minimum Gasteiger partial charge on any atom is -0.478 e. The number of rotatable bonds is 12. The lowest BCUT2D eigenvalue weighted by molar-refractivity contribution is -0.274. The smallest absolute Gasteiger partial charge is 0.478 e. The van der Waals surface area contributed by atoms with Gasteiger partial charge in [-0.1, -0.05) is 11.3 Å². The number of carbonyl (C=O) groups is 2. The molecule has 1 aliphatic rings. The predicted molar refractivity (Wildman–Crippen MR) is 135 cm³/mol. The SMILES string of the molecule is CN1c2ccc(C(=O)O)cc2NC1(Nc1nc2ccc(OC(F)(F)F)cc2s1)C(OCCOCCO)C(N)=O. The number of nitrogens with one attached hydrogen (secondary N) is 2. The van der Waals surface area contributed by atoms with E-state index < -0.39 is 35.9 Å². The lowest BCUT2D eigenvalue weighted by atomic mass is 10.1. The van der Waals surface area contributed by atoms with E-state index in [9.17, 15) is 27.9 Å². The highest BCUT2D eigenvalue weighted by Gasteiger charge is 2.52. The van der Waals surface area contributed by atoms with Crippen molar-refractivity contribution in [2.24, 2.45) is 5.73 Å². The van der Waals surface area contributed by atoms with Crippen LogP contribution in [0.3, 0.4) is 0 Å². The number of hydrogen-bond donors (Lipinski definition) is 5. The average Bonchev–Trinajstić information content (AvgIpc) is 3.37. The second-order valence-corrected chi connectivity index (χ2v) is 9.33. The van der Waals surface area contributed by atoms with Gasteiger partial charge in [-0.05, 0) is 30.3 Å². The van der Waals surface area contributed by atoms with E-state index in [1.54, 1.807) is 11.9 Å². The molecule has 12 nitrogen and oxygen atoms in total. The van der Waals surface area contributed by atoms with Crippen LogP contribution in [0, 0.1) is 0 Å². The van der Waals surface area contributed by atoms with Gasteiger partial charge in [0.1, 0.15) is 5.75 Å². The molecule has 2 heterocycles. The molecule has 0 spiro atoms. The molecule has 210 valence electrons. The second-order valence-electron chi connectivity index (χ2n) is 8.30. The van der Waals surface area contributed by atoms with Gasteiger partial charge < -0.3 is 45.7 Å². The first-order chi connectivity index (χ1) is 18.4. The average molecular weight is 572 g/mol. The number of thiazole rings is 1. The summed E-state index contributed by atoms with van der Waals surface area (Å²) in [5.41, 5.74) is 6.92. The Bertz CT molecular complexity index is 1370. The molecule has 0 aliphatic carbocycles. The Hall–Kier alpha value is -3.86. The molecule has 6 N–H and O–H groups in total. The third-order valence-electron chi connectivity index (χ3n) is 5.74. The first-order valence-electron chi connectivity index (χ1n) is 11.4. The molecule has 4 rings (SSSR count). The van der Waals surface area contributed by atoms with E-state index in [1.165, 1.54) is 30.3 Å². The maximum atomic E-state index is 12.7. The summed E-state index contributed by atoms with van der Waals surface area (Å²) in [5, 5.41) is 24.7. The van der Waals surface area contributed by atoms with E-state index in [0.717, 1.165) is 17.4 Å². The number of aromatic nitrogens is 1. The lowest BCUT2D eigenvalue weighted by Crippen LogP contribution is -2.67. The summed E-state index contributed by atoms with van der Waals surface area (Å²) < 4.78 is 53.4. The third-order valence-corrected chi connectivity index (χ3v) is 6.67. The van der Waals surface area contributed by atoms with Crippen molar-refractivity contribution in [1.82, 2.24) is 4.98 Å². The maximum Gasteiger partial charge on any atom is 0.573 e. The number of likely N-dealkylation sites (N-methyl/N-ethyl adjacent to an activating group) is 1. The number of nitrogens with zero attached hydrogens (tertiary/aromatic N) is 2. The van der Waals surface area contributed by atoms with Gasteiger partial charge in [-0.3, -0.25) is 4.79 Å². The number of ether oxygens (including phenoxy) is 3. The van der Waals surface area contributed by atoms with Crippen molar-refractivity contribution in [2.45, 2.75) is 18.3 Å². The molecule has 39 heavy (non-hydrogen) atoms. The topological polar surface area (TPSA) is 169 Å². The Morgan fingerprint density at radius 1 is 1.23 bits per heavy atom. The molecule has 3 aromatic rings. The largest absolute Gasteiger partial charge is 0.573 e. The molecule has 0 saturated heterocycles. The molecule has 2 atom stereocenters. The zero-order valence-electron chi connectivity index (χ0n) is 20.3. The fourth-order valence-corrected chi connectivity index (χ4v) is 5.03. The molecule has 0 saturated carbocycles. The van der Waals surface area contributed by atoms with Crippen molar-refractivity contribution < 1.29 is 47.2 Å². The number of fused-ring (bicyclic) bond motifs is 2. The third kappa shape index (κ3) is 6.08. The number of anilines is 3. The van der Waals surface area contributed by atoms with Crippen LogP contribution in [0.5, 0.6) is 5.75 Å². The quantitative estimate of drug-likeness (QED) is 0.202. The van der Waals surface area contributed by atoms with Gasteiger partial charge in [-0.15, -0.1) is 13.2 Å². The van der Waals surface area contributed by atoms with Crippen LogP contribution in [-0.2, 0) is 14.3 Å². The molecule has 1 aromatic heterocycles. The van der Waals surface area contributed by atoms with Gasteiger partial charge >= 0.3 is 12.3 Å². The van der Waals surface area contributed by atoms with Crippen LogP contribution < -0.4 is 26.0 Å². The number of nitrogens with two attached hydrogens (primary N) is 1. The highest BCUT2D eigenvalue weighted by Crippen LogP contribution is 2.43. The van der Waals surface area contributed by atoms with E-state index in [4.69, 9.17) is 20.3 Å². The Labute approximate surface area is 223 Å². The van der Waals surface area contributed by atoms with Crippen LogP contribution in [0.25, 0.3) is 10.2 Å². The number of primary amides is 1. The van der Waals surface area contributed by atoms with Crippen LogP contribution >= 0.6 is 11.3 Å². The summed E-state index contributed by atoms with van der Waals surface area (Å²) in [4.78, 5) is 30.2. The highest BCUT2D eigenvalue weighted by molar-refractivity contribution is 7.22. The van der Waals surface area contributed by atoms with E-state index in [2.05, 4.69) is 20.4 Å². The van der Waals surface area contributed by atoms with E-state index in [1.807, 2.05) is 0 Å². The number of benzene rings is 2. The second kappa shape index (κ2) is 11.1. The fourth-order valence-electron chi connectivity index (χ4n) is 4.08. The van der Waals surface area contributed by atoms with Crippen LogP contribution in [0.2, 0.25) is 0 Å². The van der Waals surface area contributed by atoms with Gasteiger partial charge in [0.25, 0.3) is 5.91 Å². The van der Waals surface area contributed by atoms with Crippen molar-refractivity contribution in [1.29, 1.82) is 0 Å². The van der Waals surface area contributed by atoms with E-state index in [0.29, 0.717) is 21.6 Å². The molecule has 1 aliphatic heterocycles. The number of amides is 1. The van der Waals surface area contributed by atoms with Crippen LogP contribution in [0.1, 0.15) is 10.4 Å². The van der Waals surface area contributed by atoms with Crippen LogP contribution in [0.4, 0.5) is 29.7 Å². The first-order valence-corrected chi connectivity index (χ1v) is 12.2. The summed E-state index contributed by atoms with van der Waals surface area (Å²) in [6, 6.07) is 7.96. The summed E-state index contributed by atoms with van der Waals surface area (Å²) >= 11 is 0.985. The van der Waals surface area contributed by atoms with Gasteiger partial charge in [0, 0.05) is 13.1 Å². The number of carboxylic acid groups (broad SMARTS) is 1. The predicted octanol–water partition coefficient (Wildman–Crippen LogP) is 2.40. The van der Waals surface area contributed by atoms with Crippen molar-refractivity contribution in [3.63, 3.8) is 0 Å². The number of aliphatic hydroxyl groups is 1. The van der Waals surface area contributed by atoms with Gasteiger partial charge in [0.2, 0.25) is 5.79 Å². The highest BCUT2D eigenvalue weighted by atomic mass is 32.1. The Balaban J connectivity index is 1.71. The zero-order chi connectivity index (χ0) is 28.4. The summed E-state index contributed by atoms with van der Waals surface area (Å²) in [6.45, 7) is -0.213. The summed E-state index contributed by atoms with van der Waals surface area (Å²) in [7, 11) is 1.61. The van der Waals surface area contributed by atoms with Gasteiger partial charge in [-0.2, -0.15) is 0 Å². The molecule has 1 amide bonds. The molecule has 0 bridgehead atoms. The van der Waals surface area contributed by atoms with Crippen molar-refractivity contribution in [3.05, 3.63) is 42.0 Å². The van der Waals surface area contributed by atoms with E-state index in [-0.39, 0.29) is 37.1 Å². The number of hydrogen-bond acceptors (Lipinski definition) is 11. The van der Waals surface area contributed by atoms with Crippen molar-refractivity contribution in [2.75, 3.05) is 49.0 Å². The lowest BCUT2D eigenvalue weighted by Gasteiger charge is -2.42. The van der Waals surface area contributed by atoms with Gasteiger partial charge in [0.05, 0.1) is 53.6 Å². The monoisotopic (exact) mass is 571 g/mol. The number of alkyl halides is 3. The molecular weight excluding hydrogens is 547 g/mol. The minimum absolute atomic E-state index is 0.0171. The Kier molecular flexibility index (Phi) is 8.01. The fraction of sp³-hybridized carbons (Fsp3) is 0.348. The number of carboxylic acids is 1. The zero-order valence-corrected chi connectivity index (χ0v) is 21.1. The van der Waals surface area contributed by atoms with Gasteiger partial charge in [0.15, 0.2) is 11.2 Å². The normalized spacial score (nSPS) is 17.5.